The summed E-state index contributed by atoms with van der Waals surface area (Å²) >= 11 is 0. The molecule has 3 heterocycles. The average Bonchev–Trinajstić information content (AvgIpc) is 3.31. The van der Waals surface area contributed by atoms with Crippen LogP contribution in [0.25, 0.3) is 0 Å². The van der Waals surface area contributed by atoms with E-state index in [4.69, 9.17) is 4.74 Å². The van der Waals surface area contributed by atoms with Gasteiger partial charge in [-0.15, -0.1) is 0 Å². The third-order valence-electron chi connectivity index (χ3n) is 5.74. The largest absolute Gasteiger partial charge is 0.378 e. The molecular formula is C21H29N4O2+. The summed E-state index contributed by atoms with van der Waals surface area (Å²) in [6.45, 7) is 4.75. The van der Waals surface area contributed by atoms with Crippen molar-refractivity contribution < 1.29 is 14.4 Å². The number of carbonyl (C=O) groups is 1. The molecule has 0 radical (unpaired) electrons. The van der Waals surface area contributed by atoms with E-state index >= 15 is 0 Å². The fourth-order valence-electron chi connectivity index (χ4n) is 4.38. The monoisotopic (exact) mass is 369 g/mol. The Morgan fingerprint density at radius 1 is 1.22 bits per heavy atom. The van der Waals surface area contributed by atoms with Crippen LogP contribution in [0.1, 0.15) is 24.6 Å². The zero-order chi connectivity index (χ0) is 18.6. The first-order valence-electron chi connectivity index (χ1n) is 9.90. The summed E-state index contributed by atoms with van der Waals surface area (Å²) in [5, 5.41) is 3.17. The molecule has 2 aliphatic heterocycles. The van der Waals surface area contributed by atoms with E-state index in [9.17, 15) is 4.79 Å². The van der Waals surface area contributed by atoms with Crippen LogP contribution in [0.15, 0.2) is 42.6 Å². The van der Waals surface area contributed by atoms with E-state index in [-0.39, 0.29) is 5.91 Å². The summed E-state index contributed by atoms with van der Waals surface area (Å²) in [7, 11) is 2.09. The number of rotatable bonds is 5. The number of morpholine rings is 1. The van der Waals surface area contributed by atoms with Gasteiger partial charge in [-0.2, -0.15) is 0 Å². The van der Waals surface area contributed by atoms with Crippen LogP contribution in [0.4, 0.5) is 11.4 Å². The normalized spacial score (nSPS) is 22.8. The van der Waals surface area contributed by atoms with E-state index in [0.717, 1.165) is 50.6 Å². The third-order valence-corrected chi connectivity index (χ3v) is 5.74. The molecule has 2 aromatic rings. The van der Waals surface area contributed by atoms with Crippen LogP contribution in [0.2, 0.25) is 0 Å². The second-order valence-corrected chi connectivity index (χ2v) is 7.49. The molecule has 2 atom stereocenters. The number of quaternary nitrogens is 1. The fraction of sp³-hybridized carbons (Fsp3) is 0.476. The smallest absolute Gasteiger partial charge is 0.279 e. The molecule has 1 aromatic heterocycles. The molecule has 0 aliphatic carbocycles. The van der Waals surface area contributed by atoms with Gasteiger partial charge in [0.2, 0.25) is 0 Å². The van der Waals surface area contributed by atoms with Crippen molar-refractivity contribution in [3.63, 3.8) is 0 Å². The van der Waals surface area contributed by atoms with Crippen molar-refractivity contribution in [3.8, 4) is 0 Å². The summed E-state index contributed by atoms with van der Waals surface area (Å²) in [6, 6.07) is 12.8. The van der Waals surface area contributed by atoms with E-state index in [1.165, 1.54) is 17.0 Å². The molecule has 27 heavy (non-hydrogen) atoms. The molecule has 1 amide bonds. The molecule has 2 N–H and O–H groups in total. The molecular weight excluding hydrogens is 340 g/mol. The Kier molecular flexibility index (Phi) is 5.45. The Hall–Kier alpha value is -2.31. The molecule has 1 aromatic carbocycles. The third kappa shape index (κ3) is 4.01. The first-order chi connectivity index (χ1) is 13.2. The summed E-state index contributed by atoms with van der Waals surface area (Å²) in [6.07, 6.45) is 4.40. The van der Waals surface area contributed by atoms with E-state index in [2.05, 4.69) is 46.2 Å². The first-order valence-corrected chi connectivity index (χ1v) is 9.90. The number of para-hydroxylation sites is 2. The lowest BCUT2D eigenvalue weighted by atomic mass is 10.1. The zero-order valence-electron chi connectivity index (χ0n) is 16.0. The van der Waals surface area contributed by atoms with Crippen LogP contribution >= 0.6 is 0 Å². The van der Waals surface area contributed by atoms with Gasteiger partial charge in [0, 0.05) is 39.2 Å². The molecule has 4 rings (SSSR count). The minimum atomic E-state index is 0.0896. The summed E-state index contributed by atoms with van der Waals surface area (Å²) < 4.78 is 7.64. The number of hydrogen-bond acceptors (Lipinski definition) is 3. The molecule has 2 aliphatic rings. The van der Waals surface area contributed by atoms with Crippen molar-refractivity contribution in [3.05, 3.63) is 48.3 Å². The SMILES string of the molecule is Cn1cccc1[C@@H]1CCC[NH+]1CC(=O)Nc1ccccc1N1CCOCC1. The molecule has 1 unspecified atom stereocenters. The van der Waals surface area contributed by atoms with E-state index in [1.54, 1.807) is 0 Å². The molecule has 6 nitrogen and oxygen atoms in total. The second-order valence-electron chi connectivity index (χ2n) is 7.49. The van der Waals surface area contributed by atoms with Gasteiger partial charge in [-0.3, -0.25) is 4.79 Å². The molecule has 0 spiro atoms. The number of aromatic nitrogens is 1. The summed E-state index contributed by atoms with van der Waals surface area (Å²) in [5.41, 5.74) is 3.31. The number of aryl methyl sites for hydroxylation is 1. The molecule has 0 bridgehead atoms. The minimum Gasteiger partial charge on any atom is -0.378 e. The Balaban J connectivity index is 1.43. The molecule has 2 fully saturated rings. The van der Waals surface area contributed by atoms with Crippen LogP contribution in [0.5, 0.6) is 0 Å². The van der Waals surface area contributed by atoms with Gasteiger partial charge in [0.15, 0.2) is 6.54 Å². The lowest BCUT2D eigenvalue weighted by Gasteiger charge is -2.30. The van der Waals surface area contributed by atoms with Gasteiger partial charge in [0.1, 0.15) is 6.04 Å². The highest BCUT2D eigenvalue weighted by molar-refractivity contribution is 5.95. The lowest BCUT2D eigenvalue weighted by molar-refractivity contribution is -0.910. The van der Waals surface area contributed by atoms with Crippen molar-refractivity contribution >= 4 is 17.3 Å². The quantitative estimate of drug-likeness (QED) is 0.833. The van der Waals surface area contributed by atoms with Crippen LogP contribution in [-0.4, -0.2) is 49.9 Å². The number of anilines is 2. The number of amides is 1. The van der Waals surface area contributed by atoms with Gasteiger partial charge >= 0.3 is 0 Å². The standard InChI is InChI=1S/C21H28N4O2/c1-23-10-4-8-19(23)20-9-5-11-25(20)16-21(26)22-17-6-2-3-7-18(17)24-12-14-27-15-13-24/h2-4,6-8,10,20H,5,9,11-16H2,1H3,(H,22,26)/p+1/t20-/m0/s1. The molecule has 144 valence electrons. The van der Waals surface area contributed by atoms with Gasteiger partial charge in [0.25, 0.3) is 5.91 Å². The first kappa shape index (κ1) is 18.1. The second kappa shape index (κ2) is 8.15. The number of nitrogens with one attached hydrogen (secondary N) is 2. The number of benzene rings is 1. The Labute approximate surface area is 160 Å². The number of carbonyl (C=O) groups excluding carboxylic acids is 1. The maximum Gasteiger partial charge on any atom is 0.279 e. The highest BCUT2D eigenvalue weighted by Crippen LogP contribution is 2.26. The summed E-state index contributed by atoms with van der Waals surface area (Å²) in [5.74, 6) is 0.0896. The number of ether oxygens (including phenoxy) is 1. The van der Waals surface area contributed by atoms with Crippen molar-refractivity contribution in [1.82, 2.24) is 4.57 Å². The number of hydrogen-bond donors (Lipinski definition) is 2. The van der Waals surface area contributed by atoms with E-state index in [0.29, 0.717) is 12.6 Å². The van der Waals surface area contributed by atoms with Gasteiger partial charge in [0.05, 0.1) is 36.8 Å². The average molecular weight is 369 g/mol. The maximum absolute atomic E-state index is 12.8. The number of likely N-dealkylation sites (tertiary alicyclic amines) is 1. The molecule has 6 heteroatoms. The zero-order valence-corrected chi connectivity index (χ0v) is 16.0. The van der Waals surface area contributed by atoms with E-state index < -0.39 is 0 Å². The van der Waals surface area contributed by atoms with Crippen LogP contribution < -0.4 is 15.1 Å². The topological polar surface area (TPSA) is 50.9 Å². The van der Waals surface area contributed by atoms with Crippen LogP contribution in [-0.2, 0) is 16.6 Å². The maximum atomic E-state index is 12.8. The van der Waals surface area contributed by atoms with Gasteiger partial charge in [-0.1, -0.05) is 12.1 Å². The van der Waals surface area contributed by atoms with Crippen LogP contribution in [0, 0.1) is 0 Å². The molecule has 2 saturated heterocycles. The van der Waals surface area contributed by atoms with Crippen molar-refractivity contribution in [2.45, 2.75) is 18.9 Å². The predicted octanol–water partition coefficient (Wildman–Crippen LogP) is 1.22. The lowest BCUT2D eigenvalue weighted by Crippen LogP contribution is -3.11. The van der Waals surface area contributed by atoms with Gasteiger partial charge in [-0.05, 0) is 24.3 Å². The fourth-order valence-corrected chi connectivity index (χ4v) is 4.38. The Morgan fingerprint density at radius 3 is 2.81 bits per heavy atom. The highest BCUT2D eigenvalue weighted by atomic mass is 16.5. The van der Waals surface area contributed by atoms with Crippen molar-refractivity contribution in [2.24, 2.45) is 7.05 Å². The van der Waals surface area contributed by atoms with Crippen molar-refractivity contribution in [2.75, 3.05) is 49.6 Å². The van der Waals surface area contributed by atoms with E-state index in [1.807, 2.05) is 18.2 Å². The van der Waals surface area contributed by atoms with Crippen LogP contribution in [0.3, 0.4) is 0 Å². The molecule has 0 saturated carbocycles. The highest BCUT2D eigenvalue weighted by Gasteiger charge is 2.33. The Morgan fingerprint density at radius 2 is 2.04 bits per heavy atom. The summed E-state index contributed by atoms with van der Waals surface area (Å²) in [4.78, 5) is 16.5. The Bertz CT molecular complexity index is 782. The minimum absolute atomic E-state index is 0.0896. The predicted molar refractivity (Wildman–Crippen MR) is 106 cm³/mol. The van der Waals surface area contributed by atoms with Gasteiger partial charge in [-0.25, -0.2) is 0 Å². The van der Waals surface area contributed by atoms with Crippen molar-refractivity contribution in [1.29, 1.82) is 0 Å². The van der Waals surface area contributed by atoms with Gasteiger partial charge < -0.3 is 24.4 Å². The number of nitrogens with zero attached hydrogens (tertiary/aromatic N) is 2.